The van der Waals surface area contributed by atoms with Crippen LogP contribution in [0.15, 0.2) is 12.1 Å². The SMILES string of the molecule is Cc1cc(C(C(F)(F)F)C(F)(F)F)cc(C)c1O. The Morgan fingerprint density at radius 1 is 0.889 bits per heavy atom. The molecule has 0 bridgehead atoms. The van der Waals surface area contributed by atoms with E-state index in [1.165, 1.54) is 13.8 Å². The van der Waals surface area contributed by atoms with Crippen molar-refractivity contribution in [2.75, 3.05) is 0 Å². The molecule has 0 radical (unpaired) electrons. The van der Waals surface area contributed by atoms with Crippen molar-refractivity contribution in [3.8, 4) is 5.75 Å². The molecule has 0 aliphatic rings. The third kappa shape index (κ3) is 2.88. The number of hydrogen-bond acceptors (Lipinski definition) is 1. The highest BCUT2D eigenvalue weighted by atomic mass is 19.4. The number of phenolic OH excluding ortho intramolecular Hbond substituents is 1. The zero-order valence-electron chi connectivity index (χ0n) is 9.45. The third-order valence-corrected chi connectivity index (χ3v) is 2.50. The standard InChI is InChI=1S/C11H10F6O/c1-5-3-7(4-6(2)8(5)18)9(10(12,13)14)11(15,16)17/h3-4,9,18H,1-2H3. The summed E-state index contributed by atoms with van der Waals surface area (Å²) in [7, 11) is 0. The smallest absolute Gasteiger partial charge is 0.404 e. The van der Waals surface area contributed by atoms with E-state index in [-0.39, 0.29) is 16.9 Å². The normalized spacial score (nSPS) is 13.2. The number of rotatable bonds is 1. The molecular weight excluding hydrogens is 262 g/mol. The lowest BCUT2D eigenvalue weighted by molar-refractivity contribution is -0.253. The van der Waals surface area contributed by atoms with Gasteiger partial charge in [0.05, 0.1) is 0 Å². The first-order chi connectivity index (χ1) is 7.94. The molecule has 0 aromatic heterocycles. The first kappa shape index (κ1) is 14.7. The zero-order chi connectivity index (χ0) is 14.3. The van der Waals surface area contributed by atoms with E-state index >= 15 is 0 Å². The van der Waals surface area contributed by atoms with Crippen LogP contribution in [0.4, 0.5) is 26.3 Å². The number of alkyl halides is 6. The van der Waals surface area contributed by atoms with Gasteiger partial charge in [-0.3, -0.25) is 0 Å². The fraction of sp³-hybridized carbons (Fsp3) is 0.455. The monoisotopic (exact) mass is 272 g/mol. The minimum absolute atomic E-state index is 0.0245. The maximum atomic E-state index is 12.5. The van der Waals surface area contributed by atoms with Crippen molar-refractivity contribution in [3.05, 3.63) is 28.8 Å². The topological polar surface area (TPSA) is 20.2 Å². The molecule has 0 atom stereocenters. The van der Waals surface area contributed by atoms with Gasteiger partial charge in [0.1, 0.15) is 5.75 Å². The summed E-state index contributed by atoms with van der Waals surface area (Å²) < 4.78 is 74.9. The number of aryl methyl sites for hydroxylation is 2. The summed E-state index contributed by atoms with van der Waals surface area (Å²) in [5, 5.41) is 9.36. The summed E-state index contributed by atoms with van der Waals surface area (Å²) in [6.45, 7) is 2.49. The molecule has 0 fully saturated rings. The fourth-order valence-electron chi connectivity index (χ4n) is 1.72. The predicted molar refractivity (Wildman–Crippen MR) is 52.4 cm³/mol. The highest BCUT2D eigenvalue weighted by Gasteiger charge is 2.57. The molecule has 0 heterocycles. The average Bonchev–Trinajstić information content (AvgIpc) is 2.08. The fourth-order valence-corrected chi connectivity index (χ4v) is 1.72. The lowest BCUT2D eigenvalue weighted by Crippen LogP contribution is -2.34. The van der Waals surface area contributed by atoms with E-state index in [2.05, 4.69) is 0 Å². The molecule has 1 aromatic carbocycles. The molecule has 0 saturated heterocycles. The van der Waals surface area contributed by atoms with E-state index in [0.717, 1.165) is 0 Å². The van der Waals surface area contributed by atoms with Gasteiger partial charge in [-0.15, -0.1) is 0 Å². The quantitative estimate of drug-likeness (QED) is 0.759. The lowest BCUT2D eigenvalue weighted by Gasteiger charge is -2.24. The van der Waals surface area contributed by atoms with Crippen LogP contribution in [0, 0.1) is 13.8 Å². The van der Waals surface area contributed by atoms with Gasteiger partial charge in [-0.2, -0.15) is 26.3 Å². The van der Waals surface area contributed by atoms with Crippen LogP contribution in [0.2, 0.25) is 0 Å². The summed E-state index contributed by atoms with van der Waals surface area (Å²) in [5.74, 6) is -3.84. The summed E-state index contributed by atoms with van der Waals surface area (Å²) >= 11 is 0. The molecule has 1 aromatic rings. The number of hydrogen-bond donors (Lipinski definition) is 1. The van der Waals surface area contributed by atoms with Crippen molar-refractivity contribution >= 4 is 0 Å². The van der Waals surface area contributed by atoms with E-state index in [0.29, 0.717) is 12.1 Å². The van der Waals surface area contributed by atoms with Crippen LogP contribution in [-0.2, 0) is 0 Å². The summed E-state index contributed by atoms with van der Waals surface area (Å²) in [6.07, 6.45) is -10.8. The van der Waals surface area contributed by atoms with Gasteiger partial charge in [0, 0.05) is 0 Å². The molecule has 0 aliphatic heterocycles. The van der Waals surface area contributed by atoms with Crippen molar-refractivity contribution in [1.29, 1.82) is 0 Å². The van der Waals surface area contributed by atoms with Gasteiger partial charge in [0.2, 0.25) is 0 Å². The largest absolute Gasteiger partial charge is 0.507 e. The first-order valence-corrected chi connectivity index (χ1v) is 4.88. The Labute approximate surface area is 99.0 Å². The maximum Gasteiger partial charge on any atom is 0.404 e. The Hall–Kier alpha value is -1.40. The van der Waals surface area contributed by atoms with Crippen LogP contribution >= 0.6 is 0 Å². The van der Waals surface area contributed by atoms with E-state index < -0.39 is 23.8 Å². The van der Waals surface area contributed by atoms with Crippen LogP contribution < -0.4 is 0 Å². The first-order valence-electron chi connectivity index (χ1n) is 4.88. The van der Waals surface area contributed by atoms with Crippen LogP contribution in [0.3, 0.4) is 0 Å². The maximum absolute atomic E-state index is 12.5. The van der Waals surface area contributed by atoms with Gasteiger partial charge in [0.15, 0.2) is 5.92 Å². The van der Waals surface area contributed by atoms with Gasteiger partial charge in [-0.25, -0.2) is 0 Å². The van der Waals surface area contributed by atoms with Crippen LogP contribution in [-0.4, -0.2) is 17.5 Å². The highest BCUT2D eigenvalue weighted by molar-refractivity contribution is 5.44. The van der Waals surface area contributed by atoms with Crippen molar-refractivity contribution in [2.24, 2.45) is 0 Å². The minimum atomic E-state index is -5.42. The van der Waals surface area contributed by atoms with Crippen molar-refractivity contribution < 1.29 is 31.4 Å². The second-order valence-electron chi connectivity index (χ2n) is 4.02. The van der Waals surface area contributed by atoms with E-state index in [4.69, 9.17) is 0 Å². The number of phenols is 1. The zero-order valence-corrected chi connectivity index (χ0v) is 9.45. The predicted octanol–water partition coefficient (Wildman–Crippen LogP) is 4.22. The summed E-state index contributed by atoms with van der Waals surface area (Å²) in [5.41, 5.74) is -0.963. The Morgan fingerprint density at radius 3 is 1.50 bits per heavy atom. The molecule has 7 heteroatoms. The molecule has 1 nitrogen and oxygen atoms in total. The van der Waals surface area contributed by atoms with Gasteiger partial charge in [-0.1, -0.05) is 12.1 Å². The molecular formula is C11H10F6O. The molecule has 18 heavy (non-hydrogen) atoms. The summed E-state index contributed by atoms with van der Waals surface area (Å²) in [6, 6.07) is 1.40. The Bertz CT molecular complexity index is 409. The lowest BCUT2D eigenvalue weighted by atomic mass is 9.94. The molecule has 0 saturated carbocycles. The number of halogens is 6. The molecule has 0 amide bonds. The van der Waals surface area contributed by atoms with Crippen LogP contribution in [0.25, 0.3) is 0 Å². The van der Waals surface area contributed by atoms with Crippen molar-refractivity contribution in [2.45, 2.75) is 32.1 Å². The summed E-state index contributed by atoms with van der Waals surface area (Å²) in [4.78, 5) is 0. The van der Waals surface area contributed by atoms with Gasteiger partial charge in [-0.05, 0) is 30.5 Å². The van der Waals surface area contributed by atoms with Gasteiger partial charge < -0.3 is 5.11 Å². The average molecular weight is 272 g/mol. The molecule has 1 N–H and O–H groups in total. The van der Waals surface area contributed by atoms with Gasteiger partial charge in [0.25, 0.3) is 0 Å². The minimum Gasteiger partial charge on any atom is -0.507 e. The van der Waals surface area contributed by atoms with E-state index in [1.54, 1.807) is 0 Å². The van der Waals surface area contributed by atoms with Crippen LogP contribution in [0.1, 0.15) is 22.6 Å². The molecule has 0 spiro atoms. The van der Waals surface area contributed by atoms with E-state index in [9.17, 15) is 31.4 Å². The number of aromatic hydroxyl groups is 1. The molecule has 102 valence electrons. The third-order valence-electron chi connectivity index (χ3n) is 2.50. The molecule has 0 aliphatic carbocycles. The molecule has 1 rings (SSSR count). The molecule has 0 unspecified atom stereocenters. The Balaban J connectivity index is 3.41. The Kier molecular flexibility index (Phi) is 3.56. The second kappa shape index (κ2) is 4.37. The number of benzene rings is 1. The van der Waals surface area contributed by atoms with Crippen LogP contribution in [0.5, 0.6) is 5.75 Å². The second-order valence-corrected chi connectivity index (χ2v) is 4.02. The Morgan fingerprint density at radius 2 is 1.22 bits per heavy atom. The van der Waals surface area contributed by atoms with Crippen molar-refractivity contribution in [1.82, 2.24) is 0 Å². The van der Waals surface area contributed by atoms with Crippen molar-refractivity contribution in [3.63, 3.8) is 0 Å². The van der Waals surface area contributed by atoms with Gasteiger partial charge >= 0.3 is 12.4 Å². The van der Waals surface area contributed by atoms with E-state index in [1.807, 2.05) is 0 Å². The highest BCUT2D eigenvalue weighted by Crippen LogP contribution is 2.47.